The minimum atomic E-state index is -0.486. The van der Waals surface area contributed by atoms with Gasteiger partial charge in [-0.15, -0.1) is 24.0 Å². The number of hydrogen-bond acceptors (Lipinski definition) is 2. The van der Waals surface area contributed by atoms with E-state index in [4.69, 9.17) is 0 Å². The highest BCUT2D eigenvalue weighted by molar-refractivity contribution is 14.0. The molecule has 2 aromatic carbocycles. The van der Waals surface area contributed by atoms with Gasteiger partial charge >= 0.3 is 0 Å². The molecule has 0 saturated heterocycles. The van der Waals surface area contributed by atoms with Crippen molar-refractivity contribution >= 4 is 41.5 Å². The summed E-state index contributed by atoms with van der Waals surface area (Å²) in [6.07, 6.45) is 0. The molecule has 0 aliphatic carbocycles. The normalized spacial score (nSPS) is 10.7. The van der Waals surface area contributed by atoms with Crippen LogP contribution in [0.15, 0.2) is 47.5 Å². The molecule has 27 heavy (non-hydrogen) atoms. The molecule has 0 saturated carbocycles. The number of anilines is 1. The topological polar surface area (TPSA) is 65.5 Å². The Labute approximate surface area is 174 Å². The van der Waals surface area contributed by atoms with E-state index in [2.05, 4.69) is 20.9 Å². The molecule has 0 fully saturated rings. The minimum Gasteiger partial charge on any atom is -0.357 e. The SMILES string of the molecule is CCNC(=NCc1cccc(NC(C)=O)c1)NCc1cc(F)ccc1F.I. The summed E-state index contributed by atoms with van der Waals surface area (Å²) in [4.78, 5) is 15.6. The molecule has 0 atom stereocenters. The number of carbonyl (C=O) groups excluding carboxylic acids is 1. The van der Waals surface area contributed by atoms with Crippen molar-refractivity contribution in [3.63, 3.8) is 0 Å². The van der Waals surface area contributed by atoms with E-state index in [9.17, 15) is 13.6 Å². The van der Waals surface area contributed by atoms with Crippen LogP contribution in [0.3, 0.4) is 0 Å². The van der Waals surface area contributed by atoms with Crippen molar-refractivity contribution in [2.24, 2.45) is 4.99 Å². The van der Waals surface area contributed by atoms with Gasteiger partial charge in [0, 0.05) is 31.3 Å². The Morgan fingerprint density at radius 2 is 1.89 bits per heavy atom. The monoisotopic (exact) mass is 488 g/mol. The van der Waals surface area contributed by atoms with Crippen LogP contribution < -0.4 is 16.0 Å². The Balaban J connectivity index is 0.00000364. The molecule has 0 aromatic heterocycles. The third-order valence-corrected chi connectivity index (χ3v) is 3.47. The molecule has 1 amide bonds. The van der Waals surface area contributed by atoms with Crippen LogP contribution in [0.25, 0.3) is 0 Å². The first-order valence-electron chi connectivity index (χ1n) is 8.30. The zero-order valence-electron chi connectivity index (χ0n) is 15.2. The first-order chi connectivity index (χ1) is 12.5. The van der Waals surface area contributed by atoms with Crippen molar-refractivity contribution in [2.45, 2.75) is 26.9 Å². The molecule has 2 aromatic rings. The number of benzene rings is 2. The van der Waals surface area contributed by atoms with Crippen molar-refractivity contribution < 1.29 is 13.6 Å². The van der Waals surface area contributed by atoms with Gasteiger partial charge in [-0.05, 0) is 42.8 Å². The molecular formula is C19H23F2IN4O. The molecule has 0 aliphatic heterocycles. The fourth-order valence-corrected chi connectivity index (χ4v) is 2.32. The highest BCUT2D eigenvalue weighted by Gasteiger charge is 2.05. The lowest BCUT2D eigenvalue weighted by Gasteiger charge is -2.12. The third-order valence-electron chi connectivity index (χ3n) is 3.47. The summed E-state index contributed by atoms with van der Waals surface area (Å²) >= 11 is 0. The highest BCUT2D eigenvalue weighted by Crippen LogP contribution is 2.12. The van der Waals surface area contributed by atoms with Crippen LogP contribution in [0.2, 0.25) is 0 Å². The van der Waals surface area contributed by atoms with E-state index >= 15 is 0 Å². The molecule has 146 valence electrons. The molecule has 0 bridgehead atoms. The molecule has 0 unspecified atom stereocenters. The molecule has 2 rings (SSSR count). The van der Waals surface area contributed by atoms with E-state index in [1.807, 2.05) is 25.1 Å². The largest absolute Gasteiger partial charge is 0.357 e. The quantitative estimate of drug-likeness (QED) is 0.330. The second kappa shape index (κ2) is 11.5. The van der Waals surface area contributed by atoms with Crippen molar-refractivity contribution in [3.8, 4) is 0 Å². The zero-order valence-corrected chi connectivity index (χ0v) is 17.5. The maximum absolute atomic E-state index is 13.7. The summed E-state index contributed by atoms with van der Waals surface area (Å²) in [5.74, 6) is -0.614. The van der Waals surface area contributed by atoms with Gasteiger partial charge in [-0.1, -0.05) is 12.1 Å². The summed E-state index contributed by atoms with van der Waals surface area (Å²) < 4.78 is 27.0. The maximum Gasteiger partial charge on any atom is 0.221 e. The predicted octanol–water partition coefficient (Wildman–Crippen LogP) is 3.80. The average molecular weight is 488 g/mol. The number of rotatable bonds is 6. The van der Waals surface area contributed by atoms with Gasteiger partial charge in [-0.2, -0.15) is 0 Å². The first-order valence-corrected chi connectivity index (χ1v) is 8.30. The van der Waals surface area contributed by atoms with E-state index in [1.54, 1.807) is 6.07 Å². The van der Waals surface area contributed by atoms with Crippen LogP contribution in [0.1, 0.15) is 25.0 Å². The number of hydrogen-bond donors (Lipinski definition) is 3. The number of nitrogens with zero attached hydrogens (tertiary/aromatic N) is 1. The zero-order chi connectivity index (χ0) is 18.9. The van der Waals surface area contributed by atoms with E-state index in [0.717, 1.165) is 23.8 Å². The first kappa shape index (κ1) is 22.8. The van der Waals surface area contributed by atoms with Crippen molar-refractivity contribution in [2.75, 3.05) is 11.9 Å². The maximum atomic E-state index is 13.7. The highest BCUT2D eigenvalue weighted by atomic mass is 127. The number of nitrogens with one attached hydrogen (secondary N) is 3. The fourth-order valence-electron chi connectivity index (χ4n) is 2.32. The molecule has 8 heteroatoms. The Morgan fingerprint density at radius 3 is 2.59 bits per heavy atom. The van der Waals surface area contributed by atoms with Gasteiger partial charge in [0.15, 0.2) is 5.96 Å². The molecule has 0 heterocycles. The molecular weight excluding hydrogens is 465 g/mol. The Morgan fingerprint density at radius 1 is 1.11 bits per heavy atom. The van der Waals surface area contributed by atoms with Gasteiger partial charge in [0.2, 0.25) is 5.91 Å². The smallest absolute Gasteiger partial charge is 0.221 e. The summed E-state index contributed by atoms with van der Waals surface area (Å²) in [5.41, 5.74) is 1.83. The number of amides is 1. The lowest BCUT2D eigenvalue weighted by molar-refractivity contribution is -0.114. The van der Waals surface area contributed by atoms with E-state index in [0.29, 0.717) is 24.7 Å². The number of carbonyl (C=O) groups is 1. The Kier molecular flexibility index (Phi) is 9.70. The van der Waals surface area contributed by atoms with Gasteiger partial charge < -0.3 is 16.0 Å². The molecule has 3 N–H and O–H groups in total. The molecule has 5 nitrogen and oxygen atoms in total. The second-order valence-electron chi connectivity index (χ2n) is 5.67. The van der Waals surface area contributed by atoms with Gasteiger partial charge in [0.05, 0.1) is 6.54 Å². The van der Waals surface area contributed by atoms with Gasteiger partial charge in [-0.3, -0.25) is 4.79 Å². The van der Waals surface area contributed by atoms with Crippen LogP contribution in [0.4, 0.5) is 14.5 Å². The Bertz CT molecular complexity index is 799. The van der Waals surface area contributed by atoms with E-state index in [-0.39, 0.29) is 42.0 Å². The lowest BCUT2D eigenvalue weighted by Crippen LogP contribution is -2.37. The molecule has 0 radical (unpaired) electrons. The van der Waals surface area contributed by atoms with E-state index < -0.39 is 11.6 Å². The van der Waals surface area contributed by atoms with Crippen molar-refractivity contribution in [1.82, 2.24) is 10.6 Å². The van der Waals surface area contributed by atoms with Crippen molar-refractivity contribution in [1.29, 1.82) is 0 Å². The van der Waals surface area contributed by atoms with Crippen molar-refractivity contribution in [3.05, 3.63) is 65.2 Å². The predicted molar refractivity (Wildman–Crippen MR) is 114 cm³/mol. The Hall–Kier alpha value is -2.23. The van der Waals surface area contributed by atoms with E-state index in [1.165, 1.54) is 6.92 Å². The van der Waals surface area contributed by atoms with Crippen LogP contribution in [0, 0.1) is 11.6 Å². The van der Waals surface area contributed by atoms with Crippen LogP contribution in [-0.4, -0.2) is 18.4 Å². The van der Waals surface area contributed by atoms with Crippen LogP contribution in [-0.2, 0) is 17.9 Å². The average Bonchev–Trinajstić information content (AvgIpc) is 2.60. The van der Waals surface area contributed by atoms with Gasteiger partial charge in [0.25, 0.3) is 0 Å². The minimum absolute atomic E-state index is 0. The van der Waals surface area contributed by atoms with Gasteiger partial charge in [0.1, 0.15) is 11.6 Å². The van der Waals surface area contributed by atoms with Gasteiger partial charge in [-0.25, -0.2) is 13.8 Å². The third kappa shape index (κ3) is 7.90. The second-order valence-corrected chi connectivity index (χ2v) is 5.67. The fraction of sp³-hybridized carbons (Fsp3) is 0.263. The number of guanidine groups is 1. The summed E-state index contributed by atoms with van der Waals surface area (Å²) in [7, 11) is 0. The number of halogens is 3. The standard InChI is InChI=1S/C19H22F2N4O.HI/c1-3-22-19(24-12-15-10-16(20)7-8-18(15)21)23-11-14-5-4-6-17(9-14)25-13(2)26;/h4-10H,3,11-12H2,1-2H3,(H,25,26)(H2,22,23,24);1H. The summed E-state index contributed by atoms with van der Waals surface area (Å²) in [5, 5.41) is 8.76. The summed E-state index contributed by atoms with van der Waals surface area (Å²) in [6.45, 7) is 4.47. The van der Waals surface area contributed by atoms with Crippen LogP contribution in [0.5, 0.6) is 0 Å². The molecule has 0 spiro atoms. The molecule has 0 aliphatic rings. The lowest BCUT2D eigenvalue weighted by atomic mass is 10.2. The van der Waals surface area contributed by atoms with Crippen LogP contribution >= 0.6 is 24.0 Å². The summed E-state index contributed by atoms with van der Waals surface area (Å²) in [6, 6.07) is 10.7. The number of aliphatic imine (C=N–C) groups is 1.